The summed E-state index contributed by atoms with van der Waals surface area (Å²) in [4.78, 5) is 11.5. The van der Waals surface area contributed by atoms with Crippen molar-refractivity contribution in [3.63, 3.8) is 0 Å². The zero-order valence-corrected chi connectivity index (χ0v) is 9.91. The van der Waals surface area contributed by atoms with Crippen molar-refractivity contribution < 1.29 is 0 Å². The van der Waals surface area contributed by atoms with E-state index in [-0.39, 0.29) is 0 Å². The predicted molar refractivity (Wildman–Crippen MR) is 72.9 cm³/mol. The number of nitrogens with zero attached hydrogens (tertiary/aromatic N) is 4. The molecule has 0 spiro atoms. The highest BCUT2D eigenvalue weighted by atomic mass is 15.3. The van der Waals surface area contributed by atoms with Crippen molar-refractivity contribution in [2.24, 2.45) is 0 Å². The molecule has 0 aliphatic rings. The van der Waals surface area contributed by atoms with Crippen LogP contribution in [-0.4, -0.2) is 24.7 Å². The highest BCUT2D eigenvalue weighted by Gasteiger charge is 2.12. The van der Waals surface area contributed by atoms with Crippen molar-refractivity contribution in [3.05, 3.63) is 43.0 Å². The summed E-state index contributed by atoms with van der Waals surface area (Å²) in [5.41, 5.74) is 8.54. The van der Waals surface area contributed by atoms with Crippen LogP contribution in [0.5, 0.6) is 0 Å². The minimum Gasteiger partial charge on any atom is -0.383 e. The fourth-order valence-corrected chi connectivity index (χ4v) is 2.27. The van der Waals surface area contributed by atoms with E-state index < -0.39 is 0 Å². The van der Waals surface area contributed by atoms with Crippen molar-refractivity contribution in [3.8, 4) is 5.69 Å². The minimum atomic E-state index is 0.441. The summed E-state index contributed by atoms with van der Waals surface area (Å²) in [6, 6.07) is 8.05. The normalized spacial score (nSPS) is 11.4. The molecule has 0 radical (unpaired) electrons. The Hall–Kier alpha value is -2.89. The Morgan fingerprint density at radius 1 is 1.11 bits per heavy atom. The Bertz CT molecular complexity index is 888. The second-order valence-electron chi connectivity index (χ2n) is 4.27. The number of nitrogen functional groups attached to an aromatic ring is 1. The molecule has 1 aromatic carbocycles. The van der Waals surface area contributed by atoms with Crippen LogP contribution in [0.25, 0.3) is 27.6 Å². The van der Waals surface area contributed by atoms with Gasteiger partial charge in [-0.05, 0) is 6.07 Å². The Balaban J connectivity index is 2.07. The molecule has 19 heavy (non-hydrogen) atoms. The monoisotopic (exact) mass is 250 g/mol. The van der Waals surface area contributed by atoms with Crippen molar-refractivity contribution in [1.82, 2.24) is 24.7 Å². The molecule has 4 rings (SSSR count). The number of para-hydroxylation sites is 1. The Labute approximate surface area is 107 Å². The summed E-state index contributed by atoms with van der Waals surface area (Å²) in [5.74, 6) is 0.441. The SMILES string of the molecule is Nc1ncnc2c1cnn2-c1c[nH]c2ccccc12. The molecule has 3 N–H and O–H groups in total. The van der Waals surface area contributed by atoms with Gasteiger partial charge >= 0.3 is 0 Å². The average molecular weight is 250 g/mol. The molecule has 0 saturated heterocycles. The number of nitrogens with two attached hydrogens (primary N) is 1. The third-order valence-electron chi connectivity index (χ3n) is 3.19. The van der Waals surface area contributed by atoms with Crippen LogP contribution in [0.15, 0.2) is 43.0 Å². The van der Waals surface area contributed by atoms with Gasteiger partial charge in [-0.1, -0.05) is 18.2 Å². The smallest absolute Gasteiger partial charge is 0.168 e. The first-order chi connectivity index (χ1) is 9.34. The number of anilines is 1. The number of rotatable bonds is 1. The van der Waals surface area contributed by atoms with E-state index >= 15 is 0 Å². The van der Waals surface area contributed by atoms with Crippen molar-refractivity contribution in [2.75, 3.05) is 5.73 Å². The summed E-state index contributed by atoms with van der Waals surface area (Å²) in [5, 5.41) is 6.21. The zero-order chi connectivity index (χ0) is 12.8. The molecular formula is C13H10N6. The lowest BCUT2D eigenvalue weighted by molar-refractivity contribution is 0.901. The molecule has 4 aromatic rings. The highest BCUT2D eigenvalue weighted by molar-refractivity contribution is 5.92. The van der Waals surface area contributed by atoms with Gasteiger partial charge < -0.3 is 10.7 Å². The molecule has 6 nitrogen and oxygen atoms in total. The van der Waals surface area contributed by atoms with Gasteiger partial charge in [0, 0.05) is 17.1 Å². The Kier molecular flexibility index (Phi) is 1.88. The number of benzene rings is 1. The van der Waals surface area contributed by atoms with Crippen molar-refractivity contribution in [2.45, 2.75) is 0 Å². The molecule has 0 aliphatic carbocycles. The van der Waals surface area contributed by atoms with Gasteiger partial charge in [-0.15, -0.1) is 0 Å². The van der Waals surface area contributed by atoms with E-state index in [1.165, 1.54) is 6.33 Å². The molecule has 0 unspecified atom stereocenters. The van der Waals surface area contributed by atoms with Crippen LogP contribution in [0.3, 0.4) is 0 Å². The maximum atomic E-state index is 5.82. The fraction of sp³-hybridized carbons (Fsp3) is 0. The van der Waals surface area contributed by atoms with Crippen LogP contribution in [0.1, 0.15) is 0 Å². The van der Waals surface area contributed by atoms with Gasteiger partial charge in [0.25, 0.3) is 0 Å². The number of hydrogen-bond acceptors (Lipinski definition) is 4. The van der Waals surface area contributed by atoms with E-state index in [0.717, 1.165) is 22.0 Å². The largest absolute Gasteiger partial charge is 0.383 e. The number of aromatic nitrogens is 5. The van der Waals surface area contributed by atoms with Gasteiger partial charge in [0.1, 0.15) is 12.1 Å². The zero-order valence-electron chi connectivity index (χ0n) is 9.91. The van der Waals surface area contributed by atoms with E-state index in [4.69, 9.17) is 5.73 Å². The van der Waals surface area contributed by atoms with Crippen molar-refractivity contribution >= 4 is 27.8 Å². The van der Waals surface area contributed by atoms with Crippen LogP contribution < -0.4 is 5.73 Å². The molecule has 0 amide bonds. The number of nitrogens with one attached hydrogen (secondary N) is 1. The molecule has 0 aliphatic heterocycles. The number of hydrogen-bond donors (Lipinski definition) is 2. The highest BCUT2D eigenvalue weighted by Crippen LogP contribution is 2.25. The lowest BCUT2D eigenvalue weighted by atomic mass is 10.2. The lowest BCUT2D eigenvalue weighted by Crippen LogP contribution is -1.98. The van der Waals surface area contributed by atoms with Crippen LogP contribution in [0.4, 0.5) is 5.82 Å². The van der Waals surface area contributed by atoms with Gasteiger partial charge in [-0.2, -0.15) is 5.10 Å². The van der Waals surface area contributed by atoms with Gasteiger partial charge in [0.2, 0.25) is 0 Å². The lowest BCUT2D eigenvalue weighted by Gasteiger charge is -2.01. The standard InChI is InChI=1S/C13H10N6/c14-12-9-5-18-19(13(9)17-7-16-12)11-6-15-10-4-2-1-3-8(10)11/h1-7,15H,(H2,14,16,17). The summed E-state index contributed by atoms with van der Waals surface area (Å²) in [7, 11) is 0. The summed E-state index contributed by atoms with van der Waals surface area (Å²) in [6.45, 7) is 0. The van der Waals surface area contributed by atoms with E-state index in [0.29, 0.717) is 11.5 Å². The first kappa shape index (κ1) is 10.1. The maximum Gasteiger partial charge on any atom is 0.168 e. The molecule has 92 valence electrons. The fourth-order valence-electron chi connectivity index (χ4n) is 2.27. The molecule has 3 aromatic heterocycles. The first-order valence-corrected chi connectivity index (χ1v) is 5.85. The van der Waals surface area contributed by atoms with Crippen LogP contribution in [-0.2, 0) is 0 Å². The number of H-pyrrole nitrogens is 1. The first-order valence-electron chi connectivity index (χ1n) is 5.85. The second-order valence-corrected chi connectivity index (χ2v) is 4.27. The van der Waals surface area contributed by atoms with E-state index in [9.17, 15) is 0 Å². The minimum absolute atomic E-state index is 0.441. The predicted octanol–water partition coefficient (Wildman–Crippen LogP) is 1.88. The van der Waals surface area contributed by atoms with Gasteiger partial charge in [-0.3, -0.25) is 0 Å². The van der Waals surface area contributed by atoms with E-state index in [1.807, 2.05) is 30.5 Å². The van der Waals surface area contributed by atoms with Crippen LogP contribution in [0, 0.1) is 0 Å². The topological polar surface area (TPSA) is 85.4 Å². The maximum absolute atomic E-state index is 5.82. The molecule has 0 atom stereocenters. The molecular weight excluding hydrogens is 240 g/mol. The van der Waals surface area contributed by atoms with Gasteiger partial charge in [0.15, 0.2) is 5.65 Å². The molecule has 6 heteroatoms. The Morgan fingerprint density at radius 2 is 2.00 bits per heavy atom. The molecule has 0 bridgehead atoms. The number of fused-ring (bicyclic) bond motifs is 2. The summed E-state index contributed by atoms with van der Waals surface area (Å²) >= 11 is 0. The third kappa shape index (κ3) is 1.33. The van der Waals surface area contributed by atoms with Gasteiger partial charge in [0.05, 0.1) is 17.3 Å². The Morgan fingerprint density at radius 3 is 2.95 bits per heavy atom. The van der Waals surface area contributed by atoms with Gasteiger partial charge in [-0.25, -0.2) is 14.6 Å². The molecule has 0 fully saturated rings. The summed E-state index contributed by atoms with van der Waals surface area (Å²) < 4.78 is 1.77. The van der Waals surface area contributed by atoms with E-state index in [2.05, 4.69) is 20.1 Å². The van der Waals surface area contributed by atoms with E-state index in [1.54, 1.807) is 10.9 Å². The average Bonchev–Trinajstić information content (AvgIpc) is 3.02. The molecule has 0 saturated carbocycles. The van der Waals surface area contributed by atoms with Crippen LogP contribution >= 0.6 is 0 Å². The summed E-state index contributed by atoms with van der Waals surface area (Å²) in [6.07, 6.45) is 5.05. The quantitative estimate of drug-likeness (QED) is 0.540. The van der Waals surface area contributed by atoms with Crippen molar-refractivity contribution in [1.29, 1.82) is 0 Å². The van der Waals surface area contributed by atoms with Crippen LogP contribution in [0.2, 0.25) is 0 Å². The molecule has 3 heterocycles. The second kappa shape index (κ2) is 3.55. The third-order valence-corrected chi connectivity index (χ3v) is 3.19. The number of aromatic amines is 1.